The summed E-state index contributed by atoms with van der Waals surface area (Å²) in [5.74, 6) is 0.898. The van der Waals surface area contributed by atoms with Crippen LogP contribution in [0.15, 0.2) is 54.6 Å². The van der Waals surface area contributed by atoms with Crippen molar-refractivity contribution in [1.29, 1.82) is 0 Å². The van der Waals surface area contributed by atoms with Gasteiger partial charge in [-0.2, -0.15) is 5.48 Å². The van der Waals surface area contributed by atoms with Crippen LogP contribution in [0.5, 0.6) is 5.75 Å². The van der Waals surface area contributed by atoms with Crippen molar-refractivity contribution in [3.05, 3.63) is 65.7 Å². The van der Waals surface area contributed by atoms with Crippen LogP contribution >= 0.6 is 0 Å². The van der Waals surface area contributed by atoms with Gasteiger partial charge in [-0.25, -0.2) is 0 Å². The zero-order valence-electron chi connectivity index (χ0n) is 10.7. The van der Waals surface area contributed by atoms with Gasteiger partial charge in [0.1, 0.15) is 12.4 Å². The summed E-state index contributed by atoms with van der Waals surface area (Å²) in [6.45, 7) is 1.36. The highest BCUT2D eigenvalue weighted by Crippen LogP contribution is 2.24. The highest BCUT2D eigenvalue weighted by molar-refractivity contribution is 5.31. The van der Waals surface area contributed by atoms with Crippen molar-refractivity contribution in [3.63, 3.8) is 0 Å². The van der Waals surface area contributed by atoms with E-state index in [-0.39, 0.29) is 6.04 Å². The lowest BCUT2D eigenvalue weighted by Gasteiger charge is -2.11. The van der Waals surface area contributed by atoms with E-state index in [2.05, 4.69) is 29.7 Å². The lowest BCUT2D eigenvalue weighted by atomic mass is 10.1. The van der Waals surface area contributed by atoms with Crippen LogP contribution in [0.1, 0.15) is 23.6 Å². The number of benzene rings is 2. The molecule has 2 aromatic carbocycles. The van der Waals surface area contributed by atoms with Gasteiger partial charge in [0.05, 0.1) is 12.6 Å². The molecule has 0 amide bonds. The molecule has 1 saturated heterocycles. The minimum absolute atomic E-state index is 0.278. The zero-order valence-corrected chi connectivity index (χ0v) is 10.7. The van der Waals surface area contributed by atoms with Crippen molar-refractivity contribution in [2.75, 3.05) is 6.61 Å². The fraction of sp³-hybridized carbons (Fsp3) is 0.250. The van der Waals surface area contributed by atoms with E-state index in [1.165, 1.54) is 11.1 Å². The maximum atomic E-state index is 5.82. The average molecular weight is 255 g/mol. The van der Waals surface area contributed by atoms with Gasteiger partial charge < -0.3 is 9.57 Å². The smallest absolute Gasteiger partial charge is 0.120 e. The highest BCUT2D eigenvalue weighted by Gasteiger charge is 2.17. The van der Waals surface area contributed by atoms with Gasteiger partial charge in [-0.1, -0.05) is 42.5 Å². The molecular weight excluding hydrogens is 238 g/mol. The molecule has 0 spiro atoms. The quantitative estimate of drug-likeness (QED) is 0.909. The number of hydrogen-bond acceptors (Lipinski definition) is 3. The third kappa shape index (κ3) is 3.13. The predicted molar refractivity (Wildman–Crippen MR) is 73.7 cm³/mol. The molecular formula is C16H17NO2. The van der Waals surface area contributed by atoms with Crippen molar-refractivity contribution in [3.8, 4) is 5.75 Å². The van der Waals surface area contributed by atoms with E-state index in [9.17, 15) is 0 Å². The molecule has 1 fully saturated rings. The molecule has 19 heavy (non-hydrogen) atoms. The van der Waals surface area contributed by atoms with Gasteiger partial charge in [0.25, 0.3) is 0 Å². The van der Waals surface area contributed by atoms with Gasteiger partial charge in [0.15, 0.2) is 0 Å². The third-order valence-corrected chi connectivity index (χ3v) is 3.24. The fourth-order valence-corrected chi connectivity index (χ4v) is 2.19. The Bertz CT molecular complexity index is 521. The van der Waals surface area contributed by atoms with E-state index in [4.69, 9.17) is 9.57 Å². The monoisotopic (exact) mass is 255 g/mol. The van der Waals surface area contributed by atoms with Crippen LogP contribution in [0.3, 0.4) is 0 Å². The van der Waals surface area contributed by atoms with E-state index < -0.39 is 0 Å². The predicted octanol–water partition coefficient (Wildman–Crippen LogP) is 3.23. The lowest BCUT2D eigenvalue weighted by Crippen LogP contribution is -2.11. The molecule has 0 bridgehead atoms. The topological polar surface area (TPSA) is 30.5 Å². The van der Waals surface area contributed by atoms with Crippen LogP contribution in [0, 0.1) is 0 Å². The largest absolute Gasteiger partial charge is 0.489 e. The molecule has 1 aliphatic rings. The Morgan fingerprint density at radius 1 is 1.11 bits per heavy atom. The molecule has 1 aliphatic heterocycles. The molecule has 98 valence electrons. The maximum Gasteiger partial charge on any atom is 0.120 e. The summed E-state index contributed by atoms with van der Waals surface area (Å²) in [6, 6.07) is 18.7. The van der Waals surface area contributed by atoms with Crippen molar-refractivity contribution >= 4 is 0 Å². The number of hydrogen-bond donors (Lipinski definition) is 1. The van der Waals surface area contributed by atoms with E-state index in [1.807, 2.05) is 30.3 Å². The summed E-state index contributed by atoms with van der Waals surface area (Å²) in [6.07, 6.45) is 1.00. The normalized spacial score (nSPS) is 18.4. The molecule has 1 atom stereocenters. The second kappa shape index (κ2) is 5.87. The Hall–Kier alpha value is -1.84. The van der Waals surface area contributed by atoms with Crippen molar-refractivity contribution < 1.29 is 9.57 Å². The molecule has 0 radical (unpaired) electrons. The second-order valence-corrected chi connectivity index (χ2v) is 4.65. The number of ether oxygens (including phenoxy) is 1. The van der Waals surface area contributed by atoms with E-state index in [0.29, 0.717) is 6.61 Å². The van der Waals surface area contributed by atoms with Gasteiger partial charge in [-0.3, -0.25) is 0 Å². The Labute approximate surface area is 113 Å². The van der Waals surface area contributed by atoms with E-state index >= 15 is 0 Å². The van der Waals surface area contributed by atoms with E-state index in [1.54, 1.807) is 0 Å². The summed E-state index contributed by atoms with van der Waals surface area (Å²) in [5.41, 5.74) is 5.41. The number of nitrogens with one attached hydrogen (secondary N) is 1. The van der Waals surface area contributed by atoms with Crippen molar-refractivity contribution in [1.82, 2.24) is 5.48 Å². The van der Waals surface area contributed by atoms with Crippen LogP contribution in [0.25, 0.3) is 0 Å². The molecule has 0 aliphatic carbocycles. The summed E-state index contributed by atoms with van der Waals surface area (Å²) in [4.78, 5) is 5.19. The molecule has 0 aromatic heterocycles. The van der Waals surface area contributed by atoms with Crippen LogP contribution in [-0.4, -0.2) is 6.61 Å². The Morgan fingerprint density at radius 3 is 2.79 bits per heavy atom. The third-order valence-electron chi connectivity index (χ3n) is 3.24. The molecule has 1 N–H and O–H groups in total. The summed E-state index contributed by atoms with van der Waals surface area (Å²) >= 11 is 0. The average Bonchev–Trinajstić information content (AvgIpc) is 3.01. The van der Waals surface area contributed by atoms with Gasteiger partial charge in [0, 0.05) is 0 Å². The Kier molecular flexibility index (Phi) is 3.77. The minimum atomic E-state index is 0.278. The van der Waals surface area contributed by atoms with Crippen LogP contribution in [0.4, 0.5) is 0 Å². The second-order valence-electron chi connectivity index (χ2n) is 4.65. The SMILES string of the molecule is c1ccc(COc2cccc([C@@H]3CCON3)c2)cc1. The van der Waals surface area contributed by atoms with Gasteiger partial charge in [0.2, 0.25) is 0 Å². The fourth-order valence-electron chi connectivity index (χ4n) is 2.19. The summed E-state index contributed by atoms with van der Waals surface area (Å²) < 4.78 is 5.82. The van der Waals surface area contributed by atoms with Crippen LogP contribution < -0.4 is 10.2 Å². The first-order valence-electron chi connectivity index (χ1n) is 6.56. The molecule has 0 saturated carbocycles. The highest BCUT2D eigenvalue weighted by atomic mass is 16.7. The van der Waals surface area contributed by atoms with Crippen molar-refractivity contribution in [2.24, 2.45) is 0 Å². The minimum Gasteiger partial charge on any atom is -0.489 e. The summed E-state index contributed by atoms with van der Waals surface area (Å²) in [5, 5.41) is 0. The summed E-state index contributed by atoms with van der Waals surface area (Å²) in [7, 11) is 0. The Morgan fingerprint density at radius 2 is 2.00 bits per heavy atom. The van der Waals surface area contributed by atoms with Crippen molar-refractivity contribution in [2.45, 2.75) is 19.1 Å². The standard InChI is InChI=1S/C16H17NO2/c1-2-5-13(6-3-1)12-18-15-8-4-7-14(11-15)16-9-10-19-17-16/h1-8,11,16-17H,9-10,12H2/t16-/m0/s1. The molecule has 2 aromatic rings. The molecule has 1 heterocycles. The number of hydroxylamine groups is 1. The molecule has 3 heteroatoms. The van der Waals surface area contributed by atoms with Crippen LogP contribution in [-0.2, 0) is 11.4 Å². The molecule has 3 nitrogen and oxygen atoms in total. The van der Waals surface area contributed by atoms with Crippen LogP contribution in [0.2, 0.25) is 0 Å². The first-order chi connectivity index (χ1) is 9.42. The Balaban J connectivity index is 1.66. The number of rotatable bonds is 4. The zero-order chi connectivity index (χ0) is 12.9. The van der Waals surface area contributed by atoms with Gasteiger partial charge in [-0.15, -0.1) is 0 Å². The molecule has 3 rings (SSSR count). The van der Waals surface area contributed by atoms with Gasteiger partial charge in [-0.05, 0) is 29.7 Å². The van der Waals surface area contributed by atoms with E-state index in [0.717, 1.165) is 18.8 Å². The first-order valence-corrected chi connectivity index (χ1v) is 6.56. The lowest BCUT2D eigenvalue weighted by molar-refractivity contribution is 0.0882. The molecule has 0 unspecified atom stereocenters. The first kappa shape index (κ1) is 12.2. The van der Waals surface area contributed by atoms with Gasteiger partial charge >= 0.3 is 0 Å². The maximum absolute atomic E-state index is 5.82.